The molecule has 2 atom stereocenters. The quantitative estimate of drug-likeness (QED) is 0.176. The number of fused-ring (bicyclic) bond motifs is 2. The molecule has 2 aliphatic heterocycles. The van der Waals surface area contributed by atoms with Crippen molar-refractivity contribution in [3.8, 4) is 0 Å². The van der Waals surface area contributed by atoms with Crippen LogP contribution in [0.2, 0.25) is 0 Å². The van der Waals surface area contributed by atoms with Crippen LogP contribution < -0.4 is 20.4 Å². The van der Waals surface area contributed by atoms with Gasteiger partial charge in [-0.1, -0.05) is 60.7 Å². The number of aromatic amines is 2. The molecule has 2 aliphatic rings. The molecule has 8 rings (SSSR count). The number of hydrogen-bond acceptors (Lipinski definition) is 10. The van der Waals surface area contributed by atoms with E-state index in [1.807, 2.05) is 74.8 Å². The third-order valence-corrected chi connectivity index (χ3v) is 9.91. The highest BCUT2D eigenvalue weighted by molar-refractivity contribution is 6.02. The highest BCUT2D eigenvalue weighted by Gasteiger charge is 2.33. The Kier molecular flexibility index (Phi) is 10.8. The molecular weight excluding hydrogens is 717 g/mol. The molecule has 18 nitrogen and oxygen atoms in total. The van der Waals surface area contributed by atoms with E-state index in [2.05, 4.69) is 51.2 Å². The Morgan fingerprint density at radius 3 is 1.43 bits per heavy atom. The largest absolute Gasteiger partial charge is 0.337 e. The molecule has 0 unspecified atom stereocenters. The van der Waals surface area contributed by atoms with Crippen molar-refractivity contribution in [2.24, 2.45) is 14.1 Å². The second kappa shape index (κ2) is 16.2. The minimum Gasteiger partial charge on any atom is -0.337 e. The van der Waals surface area contributed by atoms with Crippen LogP contribution in [0.4, 0.5) is 11.4 Å². The molecule has 6 heterocycles. The molecule has 6 aromatic rings. The fourth-order valence-electron chi connectivity index (χ4n) is 6.80. The number of benzene rings is 2. The summed E-state index contributed by atoms with van der Waals surface area (Å²) in [6.45, 7) is 0. The van der Waals surface area contributed by atoms with Crippen LogP contribution in [0.1, 0.15) is 68.2 Å². The van der Waals surface area contributed by atoms with Crippen LogP contribution >= 0.6 is 0 Å². The van der Waals surface area contributed by atoms with Gasteiger partial charge >= 0.3 is 0 Å². The maximum Gasteiger partial charge on any atom is 0.291 e. The van der Waals surface area contributed by atoms with Crippen molar-refractivity contribution in [3.05, 3.63) is 119 Å². The summed E-state index contributed by atoms with van der Waals surface area (Å²) in [5, 5.41) is 27.5. The van der Waals surface area contributed by atoms with Crippen LogP contribution in [0.3, 0.4) is 0 Å². The summed E-state index contributed by atoms with van der Waals surface area (Å²) in [4.78, 5) is 62.3. The summed E-state index contributed by atoms with van der Waals surface area (Å²) in [5.74, 6) is -0.0361. The van der Waals surface area contributed by atoms with E-state index in [4.69, 9.17) is 0 Å². The number of aromatic nitrogens is 10. The molecule has 288 valence electrons. The van der Waals surface area contributed by atoms with Gasteiger partial charge in [-0.25, -0.2) is 9.97 Å². The van der Waals surface area contributed by atoms with Gasteiger partial charge in [-0.15, -0.1) is 10.2 Å². The molecule has 4 amide bonds. The Bertz CT molecular complexity index is 2180. The molecule has 0 saturated heterocycles. The van der Waals surface area contributed by atoms with Gasteiger partial charge in [-0.3, -0.25) is 38.7 Å². The first-order chi connectivity index (χ1) is 27.0. The van der Waals surface area contributed by atoms with Gasteiger partial charge in [0.05, 0.1) is 35.2 Å². The van der Waals surface area contributed by atoms with E-state index < -0.39 is 23.9 Å². The molecule has 0 aliphatic carbocycles. The molecule has 56 heavy (non-hydrogen) atoms. The van der Waals surface area contributed by atoms with Gasteiger partial charge in [0.2, 0.25) is 23.5 Å². The van der Waals surface area contributed by atoms with Crippen molar-refractivity contribution in [1.29, 1.82) is 0 Å². The van der Waals surface area contributed by atoms with Crippen LogP contribution in [-0.4, -0.2) is 99.7 Å². The summed E-state index contributed by atoms with van der Waals surface area (Å²) in [7, 11) is 7.08. The topological polar surface area (TPSA) is 218 Å². The second-order valence-electron chi connectivity index (χ2n) is 13.7. The minimum absolute atomic E-state index is 0.0322. The summed E-state index contributed by atoms with van der Waals surface area (Å²) >= 11 is 0. The van der Waals surface area contributed by atoms with Gasteiger partial charge in [-0.05, 0) is 36.8 Å². The van der Waals surface area contributed by atoms with Crippen molar-refractivity contribution in [2.75, 3.05) is 23.9 Å². The lowest BCUT2D eigenvalue weighted by atomic mass is 10.1. The number of carbonyl (C=O) groups excluding carboxylic acids is 4. The Labute approximate surface area is 321 Å². The first-order valence-electron chi connectivity index (χ1n) is 18.1. The highest BCUT2D eigenvalue weighted by Crippen LogP contribution is 2.26. The zero-order valence-electron chi connectivity index (χ0n) is 31.4. The minimum atomic E-state index is -0.638. The maximum atomic E-state index is 12.8. The first-order valence-corrected chi connectivity index (χ1v) is 18.1. The number of likely N-dealkylation sites (N-methyl/N-ethyl adjacent to an activating group) is 2. The number of carbonyl (C=O) groups is 4. The maximum absolute atomic E-state index is 12.8. The Hall–Kier alpha value is -6.98. The fourth-order valence-corrected chi connectivity index (χ4v) is 6.80. The van der Waals surface area contributed by atoms with Gasteiger partial charge in [0.15, 0.2) is 0 Å². The molecule has 0 fully saturated rings. The first kappa shape index (κ1) is 37.3. The normalized spacial score (nSPS) is 16.6. The van der Waals surface area contributed by atoms with Crippen molar-refractivity contribution >= 4 is 35.0 Å². The van der Waals surface area contributed by atoms with Crippen LogP contribution in [0.15, 0.2) is 73.1 Å². The van der Waals surface area contributed by atoms with E-state index in [-0.39, 0.29) is 23.5 Å². The lowest BCUT2D eigenvalue weighted by Crippen LogP contribution is -2.47. The number of nitrogens with zero attached hydrogens (tertiary/aromatic N) is 10. The van der Waals surface area contributed by atoms with E-state index in [1.54, 1.807) is 45.7 Å². The van der Waals surface area contributed by atoms with Gasteiger partial charge in [-0.2, -0.15) is 10.2 Å². The number of rotatable bonds is 8. The number of H-pyrrole nitrogens is 2. The molecule has 18 heteroatoms. The predicted molar refractivity (Wildman–Crippen MR) is 204 cm³/mol. The molecule has 0 spiro atoms. The Morgan fingerprint density at radius 2 is 1.04 bits per heavy atom. The number of hydrogen-bond donors (Lipinski definition) is 4. The third kappa shape index (κ3) is 8.08. The smallest absolute Gasteiger partial charge is 0.291 e. The summed E-state index contributed by atoms with van der Waals surface area (Å²) < 4.78 is 3.52. The lowest BCUT2D eigenvalue weighted by Gasteiger charge is -2.20. The molecule has 0 bridgehead atoms. The predicted octanol–water partition coefficient (Wildman–Crippen LogP) is 1.67. The van der Waals surface area contributed by atoms with Crippen molar-refractivity contribution < 1.29 is 19.2 Å². The number of anilines is 2. The van der Waals surface area contributed by atoms with Crippen LogP contribution in [0.25, 0.3) is 0 Å². The zero-order valence-corrected chi connectivity index (χ0v) is 31.4. The Balaban J connectivity index is 0.000000172. The summed E-state index contributed by atoms with van der Waals surface area (Å²) in [5.41, 5.74) is 5.61. The zero-order chi connectivity index (χ0) is 39.3. The van der Waals surface area contributed by atoms with Gasteiger partial charge in [0.25, 0.3) is 11.8 Å². The number of aryl methyl sites for hydroxylation is 2. The van der Waals surface area contributed by atoms with Crippen LogP contribution in [0, 0.1) is 0 Å². The number of amides is 4. The average molecular weight is 759 g/mol. The molecule has 4 aromatic heterocycles. The van der Waals surface area contributed by atoms with Gasteiger partial charge in [0, 0.05) is 41.0 Å². The second-order valence-corrected chi connectivity index (χ2v) is 13.7. The van der Waals surface area contributed by atoms with Crippen LogP contribution in [0.5, 0.6) is 0 Å². The molecule has 4 N–H and O–H groups in total. The Morgan fingerprint density at radius 1 is 0.643 bits per heavy atom. The van der Waals surface area contributed by atoms with Gasteiger partial charge in [0.1, 0.15) is 23.7 Å². The van der Waals surface area contributed by atoms with E-state index in [0.717, 1.165) is 33.9 Å². The molecular formula is C38H42N14O4. The van der Waals surface area contributed by atoms with E-state index in [0.29, 0.717) is 50.2 Å². The van der Waals surface area contributed by atoms with E-state index in [1.165, 1.54) is 0 Å². The molecule has 0 saturated carbocycles. The van der Waals surface area contributed by atoms with Crippen molar-refractivity contribution in [2.45, 2.75) is 50.6 Å². The fraction of sp³-hybridized carbons (Fsp3) is 0.316. The van der Waals surface area contributed by atoms with Gasteiger partial charge < -0.3 is 20.4 Å². The van der Waals surface area contributed by atoms with Crippen molar-refractivity contribution in [1.82, 2.24) is 60.6 Å². The average Bonchev–Trinajstić information content (AvgIpc) is 4.00. The SMILES string of the molecule is CN1C(=O)[C@@H](NC(=O)c2n[nH]c(Cc3ccccc3)n2)CCc2c1cnn2C.CN1C(=O)[C@H](NC(=O)c2n[nH]c(Cc3ccccc3)n2)CCc2c1cnn2C. The summed E-state index contributed by atoms with van der Waals surface area (Å²) in [6.07, 6.45) is 6.69. The molecule has 2 aromatic carbocycles. The lowest BCUT2D eigenvalue weighted by molar-refractivity contribution is -0.120. The highest BCUT2D eigenvalue weighted by atomic mass is 16.2. The monoisotopic (exact) mass is 758 g/mol. The van der Waals surface area contributed by atoms with E-state index >= 15 is 0 Å². The number of nitrogens with one attached hydrogen (secondary N) is 4. The summed E-state index contributed by atoms with van der Waals surface area (Å²) in [6, 6.07) is 18.3. The van der Waals surface area contributed by atoms with E-state index in [9.17, 15) is 19.2 Å². The van der Waals surface area contributed by atoms with Crippen LogP contribution in [-0.2, 0) is 49.4 Å². The van der Waals surface area contributed by atoms with Crippen molar-refractivity contribution in [3.63, 3.8) is 0 Å². The standard InChI is InChI=1S/2C19H21N7O2/c2*1-25-15-11-20-26(2)14(15)9-8-13(19(25)28)21-18(27)17-22-16(23-24-17)10-12-6-4-3-5-7-12/h2*3-7,11,13H,8-10H2,1-2H3,(H,21,27)(H,22,23,24)/t2*13-/m10/s1. The third-order valence-electron chi connectivity index (χ3n) is 9.91. The molecule has 0 radical (unpaired) electrons.